The normalized spacial score (nSPS) is 21.4. The summed E-state index contributed by atoms with van der Waals surface area (Å²) in [7, 11) is 1.67. The molecular weight excluding hydrogens is 302 g/mol. The van der Waals surface area contributed by atoms with Crippen molar-refractivity contribution in [3.63, 3.8) is 0 Å². The second-order valence-corrected chi connectivity index (χ2v) is 7.64. The molecule has 0 aliphatic carbocycles. The summed E-state index contributed by atoms with van der Waals surface area (Å²) in [5.41, 5.74) is 0.975. The van der Waals surface area contributed by atoms with Crippen LogP contribution in [0.25, 0.3) is 0 Å². The molecular formula is C20H31NO3. The lowest BCUT2D eigenvalue weighted by molar-refractivity contribution is -0.143. The second kappa shape index (κ2) is 7.56. The van der Waals surface area contributed by atoms with Crippen LogP contribution in [0.5, 0.6) is 5.75 Å². The molecule has 0 unspecified atom stereocenters. The summed E-state index contributed by atoms with van der Waals surface area (Å²) >= 11 is 0. The zero-order valence-corrected chi connectivity index (χ0v) is 15.8. The minimum Gasteiger partial charge on any atom is -0.497 e. The minimum atomic E-state index is -0.182. The van der Waals surface area contributed by atoms with Crippen molar-refractivity contribution in [2.45, 2.75) is 65.1 Å². The Bertz CT molecular complexity index is 551. The van der Waals surface area contributed by atoms with E-state index >= 15 is 0 Å². The van der Waals surface area contributed by atoms with Crippen molar-refractivity contribution in [3.8, 4) is 5.75 Å². The van der Waals surface area contributed by atoms with Crippen molar-refractivity contribution in [1.82, 2.24) is 4.90 Å². The highest BCUT2D eigenvalue weighted by molar-refractivity contribution is 5.74. The molecule has 0 saturated carbocycles. The Morgan fingerprint density at radius 1 is 1.29 bits per heavy atom. The van der Waals surface area contributed by atoms with Gasteiger partial charge in [0.25, 0.3) is 0 Å². The Kier molecular flexibility index (Phi) is 5.92. The molecule has 24 heavy (non-hydrogen) atoms. The molecule has 1 heterocycles. The summed E-state index contributed by atoms with van der Waals surface area (Å²) in [4.78, 5) is 14.6. The van der Waals surface area contributed by atoms with Gasteiger partial charge in [0.05, 0.1) is 18.8 Å². The van der Waals surface area contributed by atoms with Crippen molar-refractivity contribution in [2.75, 3.05) is 13.7 Å². The van der Waals surface area contributed by atoms with Crippen LogP contribution in [-0.2, 0) is 9.53 Å². The van der Waals surface area contributed by atoms with E-state index in [9.17, 15) is 4.79 Å². The number of carbonyl (C=O) groups excluding carboxylic acids is 1. The van der Waals surface area contributed by atoms with Gasteiger partial charge < -0.3 is 14.4 Å². The van der Waals surface area contributed by atoms with Crippen molar-refractivity contribution in [1.29, 1.82) is 0 Å². The van der Waals surface area contributed by atoms with Gasteiger partial charge in [-0.3, -0.25) is 4.79 Å². The van der Waals surface area contributed by atoms with Gasteiger partial charge in [-0.25, -0.2) is 0 Å². The SMILES string of the molecule is COc1ccc([C@H](C(C)C)N(C(C)=O)[C@H]2CCOC(C)(C)C2)cc1. The molecule has 0 spiro atoms. The van der Waals surface area contributed by atoms with Gasteiger partial charge in [0.15, 0.2) is 0 Å². The Balaban J connectivity index is 2.35. The lowest BCUT2D eigenvalue weighted by Gasteiger charge is -2.45. The van der Waals surface area contributed by atoms with E-state index in [2.05, 4.69) is 44.7 Å². The van der Waals surface area contributed by atoms with E-state index in [-0.39, 0.29) is 23.6 Å². The molecule has 1 aliphatic heterocycles. The first kappa shape index (κ1) is 18.8. The number of amides is 1. The van der Waals surface area contributed by atoms with Gasteiger partial charge in [0.1, 0.15) is 5.75 Å². The van der Waals surface area contributed by atoms with Crippen molar-refractivity contribution in [2.24, 2.45) is 5.92 Å². The van der Waals surface area contributed by atoms with Crippen LogP contribution in [0.2, 0.25) is 0 Å². The topological polar surface area (TPSA) is 38.8 Å². The van der Waals surface area contributed by atoms with Gasteiger partial charge in [-0.05, 0) is 50.3 Å². The Morgan fingerprint density at radius 2 is 1.92 bits per heavy atom. The first-order valence-corrected chi connectivity index (χ1v) is 8.82. The fourth-order valence-corrected chi connectivity index (χ4v) is 3.79. The van der Waals surface area contributed by atoms with Crippen LogP contribution in [0.1, 0.15) is 59.1 Å². The van der Waals surface area contributed by atoms with Gasteiger partial charge in [-0.1, -0.05) is 26.0 Å². The fourth-order valence-electron chi connectivity index (χ4n) is 3.79. The first-order valence-electron chi connectivity index (χ1n) is 8.82. The molecule has 1 aromatic carbocycles. The summed E-state index contributed by atoms with van der Waals surface area (Å²) in [5.74, 6) is 1.29. The number of nitrogens with zero attached hydrogens (tertiary/aromatic N) is 1. The van der Waals surface area contributed by atoms with Gasteiger partial charge in [-0.15, -0.1) is 0 Å². The van der Waals surface area contributed by atoms with E-state index in [1.165, 1.54) is 0 Å². The Morgan fingerprint density at radius 3 is 2.38 bits per heavy atom. The van der Waals surface area contributed by atoms with E-state index in [1.54, 1.807) is 14.0 Å². The van der Waals surface area contributed by atoms with Gasteiger partial charge in [0, 0.05) is 19.6 Å². The van der Waals surface area contributed by atoms with E-state index in [0.29, 0.717) is 12.5 Å². The van der Waals surface area contributed by atoms with Crippen molar-refractivity contribution in [3.05, 3.63) is 29.8 Å². The summed E-state index contributed by atoms with van der Waals surface area (Å²) in [6.07, 6.45) is 1.76. The van der Waals surface area contributed by atoms with Gasteiger partial charge in [0.2, 0.25) is 5.91 Å². The van der Waals surface area contributed by atoms with E-state index < -0.39 is 0 Å². The lowest BCUT2D eigenvalue weighted by Crippen LogP contribution is -2.50. The molecule has 0 aromatic heterocycles. The van der Waals surface area contributed by atoms with Crippen molar-refractivity contribution < 1.29 is 14.3 Å². The number of ether oxygens (including phenoxy) is 2. The maximum atomic E-state index is 12.6. The third-order valence-electron chi connectivity index (χ3n) is 4.82. The van der Waals surface area contributed by atoms with Crippen LogP contribution in [0, 0.1) is 5.92 Å². The van der Waals surface area contributed by atoms with Gasteiger partial charge in [-0.2, -0.15) is 0 Å². The maximum Gasteiger partial charge on any atom is 0.220 e. The zero-order chi connectivity index (χ0) is 17.9. The van der Waals surface area contributed by atoms with Crippen LogP contribution in [0.3, 0.4) is 0 Å². The van der Waals surface area contributed by atoms with Crippen LogP contribution < -0.4 is 4.74 Å². The molecule has 2 rings (SSSR count). The summed E-state index contributed by atoms with van der Waals surface area (Å²) in [6.45, 7) is 10.9. The largest absolute Gasteiger partial charge is 0.497 e. The summed E-state index contributed by atoms with van der Waals surface area (Å²) in [5, 5.41) is 0. The van der Waals surface area contributed by atoms with E-state index in [0.717, 1.165) is 24.2 Å². The number of carbonyl (C=O) groups is 1. The Hall–Kier alpha value is -1.55. The molecule has 4 heteroatoms. The molecule has 1 saturated heterocycles. The van der Waals surface area contributed by atoms with E-state index in [1.807, 2.05) is 12.1 Å². The third-order valence-corrected chi connectivity index (χ3v) is 4.82. The zero-order valence-electron chi connectivity index (χ0n) is 15.8. The molecule has 0 bridgehead atoms. The number of benzene rings is 1. The van der Waals surface area contributed by atoms with Crippen LogP contribution in [0.15, 0.2) is 24.3 Å². The third kappa shape index (κ3) is 4.29. The smallest absolute Gasteiger partial charge is 0.220 e. The average Bonchev–Trinajstić information content (AvgIpc) is 2.51. The van der Waals surface area contributed by atoms with Crippen LogP contribution in [-0.4, -0.2) is 36.2 Å². The molecule has 4 nitrogen and oxygen atoms in total. The van der Waals surface area contributed by atoms with E-state index in [4.69, 9.17) is 9.47 Å². The summed E-state index contributed by atoms with van der Waals surface area (Å²) in [6, 6.07) is 8.36. The molecule has 1 fully saturated rings. The number of rotatable bonds is 5. The van der Waals surface area contributed by atoms with Gasteiger partial charge >= 0.3 is 0 Å². The number of hydrogen-bond acceptors (Lipinski definition) is 3. The molecule has 134 valence electrons. The van der Waals surface area contributed by atoms with Crippen LogP contribution >= 0.6 is 0 Å². The minimum absolute atomic E-state index is 0.0623. The molecule has 1 aromatic rings. The molecule has 0 N–H and O–H groups in total. The fraction of sp³-hybridized carbons (Fsp3) is 0.650. The van der Waals surface area contributed by atoms with Crippen LogP contribution in [0.4, 0.5) is 0 Å². The molecule has 1 aliphatic rings. The Labute approximate surface area is 146 Å². The number of hydrogen-bond donors (Lipinski definition) is 0. The highest BCUT2D eigenvalue weighted by Gasteiger charge is 2.37. The first-order chi connectivity index (χ1) is 11.2. The average molecular weight is 333 g/mol. The molecule has 0 radical (unpaired) electrons. The van der Waals surface area contributed by atoms with Crippen molar-refractivity contribution >= 4 is 5.91 Å². The highest BCUT2D eigenvalue weighted by Crippen LogP contribution is 2.36. The quantitative estimate of drug-likeness (QED) is 0.810. The maximum absolute atomic E-state index is 12.6. The lowest BCUT2D eigenvalue weighted by atomic mass is 9.87. The standard InChI is InChI=1S/C20H31NO3/c1-14(2)19(16-7-9-18(23-6)10-8-16)21(15(3)22)17-11-12-24-20(4,5)13-17/h7-10,14,17,19H,11-13H2,1-6H3/t17-,19-/m0/s1. The second-order valence-electron chi connectivity index (χ2n) is 7.64. The predicted octanol–water partition coefficient (Wildman–Crippen LogP) is 4.20. The molecule has 2 atom stereocenters. The number of methoxy groups -OCH3 is 1. The highest BCUT2D eigenvalue weighted by atomic mass is 16.5. The summed E-state index contributed by atoms with van der Waals surface area (Å²) < 4.78 is 11.1. The monoisotopic (exact) mass is 333 g/mol. The predicted molar refractivity (Wildman–Crippen MR) is 96.1 cm³/mol. The molecule has 1 amide bonds.